The highest BCUT2D eigenvalue weighted by Gasteiger charge is 2.37. The molecule has 0 aliphatic rings. The van der Waals surface area contributed by atoms with E-state index < -0.39 is 25.2 Å². The largest absolute Gasteiger partial charge is 0.396 e. The van der Waals surface area contributed by atoms with Gasteiger partial charge in [-0.1, -0.05) is 0 Å². The van der Waals surface area contributed by atoms with E-state index in [1.807, 2.05) is 0 Å². The van der Waals surface area contributed by atoms with Crippen molar-refractivity contribution in [3.8, 4) is 0 Å². The summed E-state index contributed by atoms with van der Waals surface area (Å²) in [6.07, 6.45) is -4.57. The second-order valence-electron chi connectivity index (χ2n) is 1.99. The van der Waals surface area contributed by atoms with Crippen molar-refractivity contribution in [1.29, 1.82) is 0 Å². The molecule has 0 aliphatic heterocycles. The molecule has 5 heteroatoms. The number of halogens is 3. The van der Waals surface area contributed by atoms with Crippen molar-refractivity contribution in [2.24, 2.45) is 11.7 Å². The molecule has 0 saturated carbocycles. The Bertz CT molecular complexity index is 93.4. The molecule has 0 rings (SSSR count). The maximum Gasteiger partial charge on any atom is 0.393 e. The molecule has 62 valence electrons. The molecule has 1 atom stereocenters. The summed E-state index contributed by atoms with van der Waals surface area (Å²) in [4.78, 5) is 0. The maximum atomic E-state index is 11.7. The molecule has 0 aromatic heterocycles. The summed E-state index contributed by atoms with van der Waals surface area (Å²) in [6, 6.07) is 0. The zero-order valence-corrected chi connectivity index (χ0v) is 5.36. The van der Waals surface area contributed by atoms with E-state index in [1.54, 1.807) is 0 Å². The van der Waals surface area contributed by atoms with Crippen molar-refractivity contribution in [1.82, 2.24) is 0 Å². The van der Waals surface area contributed by atoms with Gasteiger partial charge in [0.25, 0.3) is 0 Å². The third kappa shape index (κ3) is 3.03. The summed E-state index contributed by atoms with van der Waals surface area (Å²) in [5.41, 5.74) is 4.81. The number of hydrogen-bond donors (Lipinski definition) is 2. The highest BCUT2D eigenvalue weighted by molar-refractivity contribution is 4.67. The first-order valence-corrected chi connectivity index (χ1v) is 2.90. The number of rotatable bonds is 3. The molecule has 0 amide bonds. The van der Waals surface area contributed by atoms with Gasteiger partial charge in [0.15, 0.2) is 0 Å². The molecule has 0 saturated heterocycles. The normalized spacial score (nSPS) is 15.3. The first-order valence-electron chi connectivity index (χ1n) is 2.90. The summed E-state index contributed by atoms with van der Waals surface area (Å²) >= 11 is 0. The average Bonchev–Trinajstić information content (AvgIpc) is 1.80. The van der Waals surface area contributed by atoms with E-state index in [1.165, 1.54) is 0 Å². The van der Waals surface area contributed by atoms with Gasteiger partial charge in [0.05, 0.1) is 5.92 Å². The molecule has 0 heterocycles. The Kier molecular flexibility index (Phi) is 3.67. The van der Waals surface area contributed by atoms with E-state index in [4.69, 9.17) is 10.8 Å². The lowest BCUT2D eigenvalue weighted by atomic mass is 10.1. The second-order valence-corrected chi connectivity index (χ2v) is 1.99. The molecule has 2 nitrogen and oxygen atoms in total. The van der Waals surface area contributed by atoms with Gasteiger partial charge < -0.3 is 10.8 Å². The first-order chi connectivity index (χ1) is 4.52. The Morgan fingerprint density at radius 2 is 1.90 bits per heavy atom. The minimum Gasteiger partial charge on any atom is -0.396 e. The summed E-state index contributed by atoms with van der Waals surface area (Å²) in [5.74, 6) is -1.56. The van der Waals surface area contributed by atoms with Crippen molar-refractivity contribution in [3.63, 3.8) is 0 Å². The van der Waals surface area contributed by atoms with Crippen molar-refractivity contribution in [3.05, 3.63) is 0 Å². The Balaban J connectivity index is 3.81. The molecule has 0 aromatic carbocycles. The smallest absolute Gasteiger partial charge is 0.393 e. The van der Waals surface area contributed by atoms with E-state index in [0.717, 1.165) is 0 Å². The van der Waals surface area contributed by atoms with Gasteiger partial charge in [-0.3, -0.25) is 0 Å². The topological polar surface area (TPSA) is 46.2 Å². The summed E-state index contributed by atoms with van der Waals surface area (Å²) < 4.78 is 35.1. The third-order valence-electron chi connectivity index (χ3n) is 1.22. The van der Waals surface area contributed by atoms with Crippen LogP contribution in [0.4, 0.5) is 13.2 Å². The Hall–Kier alpha value is -0.290. The fourth-order valence-corrected chi connectivity index (χ4v) is 0.571. The van der Waals surface area contributed by atoms with Gasteiger partial charge in [-0.2, -0.15) is 13.2 Å². The predicted octanol–water partition coefficient (Wildman–Crippen LogP) is 0.506. The van der Waals surface area contributed by atoms with Gasteiger partial charge in [0.2, 0.25) is 0 Å². The Morgan fingerprint density at radius 3 is 2.00 bits per heavy atom. The van der Waals surface area contributed by atoms with Gasteiger partial charge in [-0.25, -0.2) is 0 Å². The van der Waals surface area contributed by atoms with Crippen LogP contribution in [0.1, 0.15) is 6.42 Å². The summed E-state index contributed by atoms with van der Waals surface area (Å²) in [5, 5.41) is 8.18. The predicted molar refractivity (Wildman–Crippen MR) is 30.3 cm³/mol. The summed E-state index contributed by atoms with van der Waals surface area (Å²) in [6.45, 7) is -0.925. The Morgan fingerprint density at radius 1 is 1.40 bits per heavy atom. The van der Waals surface area contributed by atoms with Crippen LogP contribution in [-0.4, -0.2) is 24.4 Å². The Labute approximate surface area is 56.8 Å². The number of alkyl halides is 3. The van der Waals surface area contributed by atoms with Gasteiger partial charge in [-0.05, 0) is 6.42 Å². The molecule has 0 unspecified atom stereocenters. The lowest BCUT2D eigenvalue weighted by Crippen LogP contribution is -2.30. The van der Waals surface area contributed by atoms with Crippen LogP contribution in [0.15, 0.2) is 0 Å². The van der Waals surface area contributed by atoms with Gasteiger partial charge in [0.1, 0.15) is 0 Å². The molecule has 0 aliphatic carbocycles. The molecule has 0 bridgehead atoms. The van der Waals surface area contributed by atoms with E-state index in [0.29, 0.717) is 0 Å². The van der Waals surface area contributed by atoms with Crippen LogP contribution in [0.5, 0.6) is 0 Å². The van der Waals surface area contributed by atoms with Crippen LogP contribution < -0.4 is 5.73 Å². The zero-order chi connectivity index (χ0) is 8.20. The molecular weight excluding hydrogens is 147 g/mol. The van der Waals surface area contributed by atoms with Crippen LogP contribution in [0.2, 0.25) is 0 Å². The van der Waals surface area contributed by atoms with Crippen LogP contribution in [-0.2, 0) is 0 Å². The number of hydrogen-bond acceptors (Lipinski definition) is 2. The second kappa shape index (κ2) is 3.78. The average molecular weight is 157 g/mol. The molecule has 3 N–H and O–H groups in total. The highest BCUT2D eigenvalue weighted by atomic mass is 19.4. The van der Waals surface area contributed by atoms with E-state index in [-0.39, 0.29) is 6.42 Å². The van der Waals surface area contributed by atoms with Crippen LogP contribution in [0, 0.1) is 5.92 Å². The lowest BCUT2D eigenvalue weighted by Gasteiger charge is -2.16. The monoisotopic (exact) mass is 157 g/mol. The number of aliphatic hydroxyl groups is 1. The van der Waals surface area contributed by atoms with Crippen LogP contribution in [0.3, 0.4) is 0 Å². The minimum absolute atomic E-state index is 0.306. The van der Waals surface area contributed by atoms with Crippen molar-refractivity contribution in [2.45, 2.75) is 12.6 Å². The fourth-order valence-electron chi connectivity index (χ4n) is 0.571. The highest BCUT2D eigenvalue weighted by Crippen LogP contribution is 2.27. The maximum absolute atomic E-state index is 11.7. The van der Waals surface area contributed by atoms with Crippen molar-refractivity contribution < 1.29 is 18.3 Å². The molecule has 0 spiro atoms. The van der Waals surface area contributed by atoms with Gasteiger partial charge >= 0.3 is 6.18 Å². The number of aliphatic hydroxyl groups excluding tert-OH is 1. The van der Waals surface area contributed by atoms with E-state index >= 15 is 0 Å². The lowest BCUT2D eigenvalue weighted by molar-refractivity contribution is -0.175. The van der Waals surface area contributed by atoms with Crippen LogP contribution in [0.25, 0.3) is 0 Å². The molecule has 10 heavy (non-hydrogen) atoms. The van der Waals surface area contributed by atoms with Gasteiger partial charge in [-0.15, -0.1) is 0 Å². The SMILES string of the molecule is NC[C@H](CCO)C(F)(F)F. The van der Waals surface area contributed by atoms with Gasteiger partial charge in [0, 0.05) is 13.2 Å². The summed E-state index contributed by atoms with van der Waals surface area (Å²) in [7, 11) is 0. The van der Waals surface area contributed by atoms with E-state index in [9.17, 15) is 13.2 Å². The number of nitrogens with two attached hydrogens (primary N) is 1. The fraction of sp³-hybridized carbons (Fsp3) is 1.00. The van der Waals surface area contributed by atoms with Crippen molar-refractivity contribution >= 4 is 0 Å². The molecular formula is C5H10F3NO. The molecule has 0 fully saturated rings. The minimum atomic E-state index is -4.27. The first kappa shape index (κ1) is 9.71. The molecule has 0 radical (unpaired) electrons. The quantitative estimate of drug-likeness (QED) is 0.626. The molecule has 0 aromatic rings. The zero-order valence-electron chi connectivity index (χ0n) is 5.36. The van der Waals surface area contributed by atoms with Crippen LogP contribution >= 0.6 is 0 Å². The van der Waals surface area contributed by atoms with Crippen molar-refractivity contribution in [2.75, 3.05) is 13.2 Å². The standard InChI is InChI=1S/C5H10F3NO/c6-5(7,8)4(3-9)1-2-10/h4,10H,1-3,9H2/t4-/m0/s1. The third-order valence-corrected chi connectivity index (χ3v) is 1.22. The van der Waals surface area contributed by atoms with E-state index in [2.05, 4.69) is 0 Å².